The van der Waals surface area contributed by atoms with Gasteiger partial charge in [-0.15, -0.1) is 0 Å². The van der Waals surface area contributed by atoms with Crippen LogP contribution in [0.15, 0.2) is 84.9 Å². The van der Waals surface area contributed by atoms with Gasteiger partial charge in [0.15, 0.2) is 0 Å². The largest absolute Gasteiger partial charge is 0.298 e. The first kappa shape index (κ1) is 20.1. The topological polar surface area (TPSA) is 30.0 Å². The van der Waals surface area contributed by atoms with Crippen LogP contribution in [0.4, 0.5) is 0 Å². The van der Waals surface area contributed by atoms with E-state index in [1.807, 2.05) is 42.5 Å². The molecule has 0 radical (unpaired) electrons. The van der Waals surface area contributed by atoms with Crippen LogP contribution in [-0.2, 0) is 19.3 Å². The van der Waals surface area contributed by atoms with Crippen LogP contribution in [0.5, 0.6) is 0 Å². The van der Waals surface area contributed by atoms with Crippen LogP contribution in [-0.4, -0.2) is 11.3 Å². The van der Waals surface area contributed by atoms with Gasteiger partial charge in [0, 0.05) is 21.7 Å². The van der Waals surface area contributed by atoms with Gasteiger partial charge >= 0.3 is 0 Å². The number of nitrogens with zero attached hydrogens (tertiary/aromatic N) is 1. The highest BCUT2D eigenvalue weighted by molar-refractivity contribution is 6.31. The fraction of sp³-hybridized carbons (Fsp3) is 0.111. The van der Waals surface area contributed by atoms with E-state index in [-0.39, 0.29) is 0 Å². The highest BCUT2D eigenvalue weighted by Gasteiger charge is 2.02. The fourth-order valence-corrected chi connectivity index (χ4v) is 3.72. The number of rotatable bonds is 7. The van der Waals surface area contributed by atoms with E-state index in [4.69, 9.17) is 16.6 Å². The Hall–Kier alpha value is -3.23. The minimum absolute atomic E-state index is 0.711. The molecule has 30 heavy (non-hydrogen) atoms. The molecule has 0 aliphatic heterocycles. The molecule has 0 unspecified atom stereocenters. The SMILES string of the molecule is O=Cc1ccccc1C/C=C/c1cccc(CCc2ccc3ccc(Cl)cc3n2)c1. The molecule has 1 aromatic heterocycles. The predicted molar refractivity (Wildman–Crippen MR) is 125 cm³/mol. The lowest BCUT2D eigenvalue weighted by molar-refractivity contribution is 0.112. The number of carbonyl (C=O) groups is 1. The number of pyridine rings is 1. The van der Waals surface area contributed by atoms with Gasteiger partial charge in [-0.1, -0.05) is 84.4 Å². The van der Waals surface area contributed by atoms with Crippen molar-refractivity contribution in [3.8, 4) is 0 Å². The normalized spacial score (nSPS) is 11.2. The molecule has 0 atom stereocenters. The van der Waals surface area contributed by atoms with Crippen molar-refractivity contribution in [3.05, 3.63) is 118 Å². The summed E-state index contributed by atoms with van der Waals surface area (Å²) in [6.45, 7) is 0. The molecule has 1 heterocycles. The van der Waals surface area contributed by atoms with Crippen LogP contribution >= 0.6 is 11.6 Å². The van der Waals surface area contributed by atoms with Gasteiger partial charge in [0.05, 0.1) is 5.52 Å². The van der Waals surface area contributed by atoms with Crippen molar-refractivity contribution in [1.82, 2.24) is 4.98 Å². The van der Waals surface area contributed by atoms with Gasteiger partial charge in [-0.3, -0.25) is 9.78 Å². The number of aryl methyl sites for hydroxylation is 2. The maximum atomic E-state index is 11.1. The van der Waals surface area contributed by atoms with Crippen molar-refractivity contribution >= 4 is 34.9 Å². The van der Waals surface area contributed by atoms with Crippen molar-refractivity contribution < 1.29 is 4.79 Å². The molecule has 0 bridgehead atoms. The highest BCUT2D eigenvalue weighted by Crippen LogP contribution is 2.19. The van der Waals surface area contributed by atoms with Crippen molar-refractivity contribution in [3.63, 3.8) is 0 Å². The smallest absolute Gasteiger partial charge is 0.150 e. The Labute approximate surface area is 181 Å². The standard InChI is InChI=1S/C27H22ClNO/c28-25-14-12-23-13-16-26(29-27(23)18-25)15-11-21-6-3-5-20(17-21)7-4-10-22-8-1-2-9-24(22)19-30/h1-9,12-14,16-19H,10-11,15H2/b7-4+. The molecule has 4 aromatic rings. The Kier molecular flexibility index (Phi) is 6.36. The van der Waals surface area contributed by atoms with E-state index < -0.39 is 0 Å². The average Bonchev–Trinajstić information content (AvgIpc) is 2.78. The van der Waals surface area contributed by atoms with E-state index in [2.05, 4.69) is 48.6 Å². The van der Waals surface area contributed by atoms with Crippen molar-refractivity contribution in [2.45, 2.75) is 19.3 Å². The molecule has 0 spiro atoms. The zero-order chi connectivity index (χ0) is 20.8. The van der Waals surface area contributed by atoms with E-state index in [1.165, 1.54) is 5.56 Å². The maximum absolute atomic E-state index is 11.1. The summed E-state index contributed by atoms with van der Waals surface area (Å²) >= 11 is 6.10. The molecule has 0 fully saturated rings. The summed E-state index contributed by atoms with van der Waals surface area (Å²) < 4.78 is 0. The number of hydrogen-bond acceptors (Lipinski definition) is 2. The van der Waals surface area contributed by atoms with Crippen LogP contribution in [0.1, 0.15) is 32.7 Å². The minimum Gasteiger partial charge on any atom is -0.298 e. The molecule has 3 aromatic carbocycles. The number of halogens is 1. The maximum Gasteiger partial charge on any atom is 0.150 e. The molecule has 0 aliphatic carbocycles. The van der Waals surface area contributed by atoms with E-state index in [0.29, 0.717) is 5.02 Å². The Bertz CT molecular complexity index is 1210. The third-order valence-electron chi connectivity index (χ3n) is 5.16. The lowest BCUT2D eigenvalue weighted by Gasteiger charge is -2.05. The second kappa shape index (κ2) is 9.51. The molecule has 4 rings (SSSR count). The predicted octanol–water partition coefficient (Wildman–Crippen LogP) is 6.74. The van der Waals surface area contributed by atoms with Crippen LogP contribution < -0.4 is 0 Å². The second-order valence-corrected chi connectivity index (χ2v) is 7.74. The molecular formula is C27H22ClNO. The molecule has 3 heteroatoms. The summed E-state index contributed by atoms with van der Waals surface area (Å²) in [5.74, 6) is 0. The van der Waals surface area contributed by atoms with Gasteiger partial charge in [-0.05, 0) is 54.2 Å². The zero-order valence-corrected chi connectivity index (χ0v) is 17.3. The van der Waals surface area contributed by atoms with E-state index in [9.17, 15) is 4.79 Å². The first-order valence-electron chi connectivity index (χ1n) is 10.0. The number of aromatic nitrogens is 1. The summed E-state index contributed by atoms with van der Waals surface area (Å²) in [7, 11) is 0. The fourth-order valence-electron chi connectivity index (χ4n) is 3.55. The average molecular weight is 412 g/mol. The first-order valence-corrected chi connectivity index (χ1v) is 10.4. The van der Waals surface area contributed by atoms with Crippen molar-refractivity contribution in [2.24, 2.45) is 0 Å². The van der Waals surface area contributed by atoms with Gasteiger partial charge in [0.25, 0.3) is 0 Å². The number of benzene rings is 3. The summed E-state index contributed by atoms with van der Waals surface area (Å²) in [6, 6.07) is 26.2. The monoisotopic (exact) mass is 411 g/mol. The Morgan fingerprint density at radius 2 is 1.73 bits per heavy atom. The van der Waals surface area contributed by atoms with Crippen LogP contribution in [0.3, 0.4) is 0 Å². The van der Waals surface area contributed by atoms with Crippen LogP contribution in [0.25, 0.3) is 17.0 Å². The van der Waals surface area contributed by atoms with Gasteiger partial charge < -0.3 is 0 Å². The van der Waals surface area contributed by atoms with Crippen LogP contribution in [0, 0.1) is 0 Å². The van der Waals surface area contributed by atoms with E-state index in [0.717, 1.165) is 58.8 Å². The van der Waals surface area contributed by atoms with Gasteiger partial charge in [0.2, 0.25) is 0 Å². The Morgan fingerprint density at radius 3 is 2.63 bits per heavy atom. The quantitative estimate of drug-likeness (QED) is 0.315. The number of carbonyl (C=O) groups excluding carboxylic acids is 1. The molecule has 0 saturated heterocycles. The lowest BCUT2D eigenvalue weighted by Crippen LogP contribution is -1.95. The minimum atomic E-state index is 0.711. The summed E-state index contributed by atoms with van der Waals surface area (Å²) in [4.78, 5) is 15.9. The Morgan fingerprint density at radius 1 is 0.867 bits per heavy atom. The third kappa shape index (κ3) is 5.03. The van der Waals surface area contributed by atoms with Gasteiger partial charge in [-0.25, -0.2) is 0 Å². The van der Waals surface area contributed by atoms with Crippen molar-refractivity contribution in [1.29, 1.82) is 0 Å². The van der Waals surface area contributed by atoms with Gasteiger partial charge in [-0.2, -0.15) is 0 Å². The molecule has 0 aliphatic rings. The Balaban J connectivity index is 1.41. The zero-order valence-electron chi connectivity index (χ0n) is 16.6. The van der Waals surface area contributed by atoms with Crippen LogP contribution in [0.2, 0.25) is 5.02 Å². The summed E-state index contributed by atoms with van der Waals surface area (Å²) in [6.07, 6.45) is 7.68. The van der Waals surface area contributed by atoms with Crippen molar-refractivity contribution in [2.75, 3.05) is 0 Å². The van der Waals surface area contributed by atoms with E-state index in [1.54, 1.807) is 0 Å². The van der Waals surface area contributed by atoms with E-state index >= 15 is 0 Å². The summed E-state index contributed by atoms with van der Waals surface area (Å²) in [5.41, 5.74) is 6.23. The molecule has 0 N–H and O–H groups in total. The lowest BCUT2D eigenvalue weighted by atomic mass is 10.0. The third-order valence-corrected chi connectivity index (χ3v) is 5.40. The molecule has 148 valence electrons. The molecular weight excluding hydrogens is 390 g/mol. The second-order valence-electron chi connectivity index (χ2n) is 7.31. The molecule has 2 nitrogen and oxygen atoms in total. The first-order chi connectivity index (χ1) is 14.7. The van der Waals surface area contributed by atoms with Gasteiger partial charge in [0.1, 0.15) is 6.29 Å². The number of hydrogen-bond donors (Lipinski definition) is 0. The molecule has 0 amide bonds. The number of aldehydes is 1. The molecule has 0 saturated carbocycles. The number of allylic oxidation sites excluding steroid dienone is 1. The highest BCUT2D eigenvalue weighted by atomic mass is 35.5. The number of fused-ring (bicyclic) bond motifs is 1. The summed E-state index contributed by atoms with van der Waals surface area (Å²) in [5, 5.41) is 1.81.